The van der Waals surface area contributed by atoms with Crippen molar-refractivity contribution < 1.29 is 46.1 Å². The van der Waals surface area contributed by atoms with Crippen LogP contribution in [0.1, 0.15) is 111 Å². The second kappa shape index (κ2) is 16.2. The standard InChI is InChI=1S/C40H46F5N3O5/c1-40(2,3)47-37(50)29-17-16-24-6-4-5-7-28(24)48(29)20-27-18-30(25-12-10-23(21-49)11-13-25)53-39(52-27)26-14-8-22(9-15-26)19-46-38(51)31-32(41)34(43)36(45)35(44)33(31)42/h8-15,24,27-30,39,49H,4-7,16-21H2,1-3H3,(H,46,51)(H,47,50). The number of piperidine rings is 1. The van der Waals surface area contributed by atoms with E-state index >= 15 is 0 Å². The molecule has 6 unspecified atom stereocenters. The van der Waals surface area contributed by atoms with E-state index in [-0.39, 0.29) is 48.9 Å². The molecule has 286 valence electrons. The Hall–Kier alpha value is -3.91. The minimum atomic E-state index is -2.34. The van der Waals surface area contributed by atoms with Crippen molar-refractivity contribution in [2.24, 2.45) is 5.92 Å². The van der Waals surface area contributed by atoms with Crippen LogP contribution in [0, 0.1) is 35.0 Å². The van der Waals surface area contributed by atoms with Crippen molar-refractivity contribution in [1.82, 2.24) is 15.5 Å². The summed E-state index contributed by atoms with van der Waals surface area (Å²) in [4.78, 5) is 28.6. The molecule has 1 saturated carbocycles. The maximum Gasteiger partial charge on any atom is 0.257 e. The van der Waals surface area contributed by atoms with Gasteiger partial charge in [0, 0.05) is 36.7 Å². The molecule has 8 nitrogen and oxygen atoms in total. The quantitative estimate of drug-likeness (QED) is 0.121. The van der Waals surface area contributed by atoms with Crippen LogP contribution in [0.2, 0.25) is 0 Å². The monoisotopic (exact) mass is 743 g/mol. The zero-order valence-corrected chi connectivity index (χ0v) is 30.1. The van der Waals surface area contributed by atoms with Crippen LogP contribution in [0.25, 0.3) is 0 Å². The molecule has 0 aromatic heterocycles. The molecular formula is C40H46F5N3O5. The van der Waals surface area contributed by atoms with Crippen molar-refractivity contribution in [1.29, 1.82) is 0 Å². The Kier molecular flexibility index (Phi) is 11.9. The predicted molar refractivity (Wildman–Crippen MR) is 186 cm³/mol. The summed E-state index contributed by atoms with van der Waals surface area (Å²) in [6, 6.07) is 14.2. The van der Waals surface area contributed by atoms with E-state index in [1.54, 1.807) is 24.3 Å². The van der Waals surface area contributed by atoms with Gasteiger partial charge in [-0.2, -0.15) is 0 Å². The highest BCUT2D eigenvalue weighted by molar-refractivity contribution is 5.94. The maximum atomic E-state index is 14.2. The molecule has 0 radical (unpaired) electrons. The van der Waals surface area contributed by atoms with E-state index in [4.69, 9.17) is 9.47 Å². The summed E-state index contributed by atoms with van der Waals surface area (Å²) in [6.45, 7) is 6.11. The number of nitrogens with zero attached hydrogens (tertiary/aromatic N) is 1. The lowest BCUT2D eigenvalue weighted by molar-refractivity contribution is -0.255. The molecule has 2 aliphatic heterocycles. The second-order valence-corrected chi connectivity index (χ2v) is 15.4. The number of benzene rings is 3. The molecule has 53 heavy (non-hydrogen) atoms. The lowest BCUT2D eigenvalue weighted by atomic mass is 9.75. The van der Waals surface area contributed by atoms with Gasteiger partial charge < -0.3 is 25.2 Å². The Morgan fingerprint density at radius 2 is 1.40 bits per heavy atom. The number of halogens is 5. The number of amides is 2. The fourth-order valence-corrected chi connectivity index (χ4v) is 7.86. The molecule has 13 heteroatoms. The van der Waals surface area contributed by atoms with Gasteiger partial charge >= 0.3 is 0 Å². The van der Waals surface area contributed by atoms with Crippen LogP contribution in [0.5, 0.6) is 0 Å². The van der Waals surface area contributed by atoms with E-state index in [0.717, 1.165) is 43.2 Å². The number of hydrogen-bond acceptors (Lipinski definition) is 6. The fraction of sp³-hybridized carbons (Fsp3) is 0.500. The molecule has 0 spiro atoms. The highest BCUT2D eigenvalue weighted by Gasteiger charge is 2.44. The average molecular weight is 744 g/mol. The van der Waals surface area contributed by atoms with Gasteiger partial charge in [-0.1, -0.05) is 61.4 Å². The fourth-order valence-electron chi connectivity index (χ4n) is 7.86. The van der Waals surface area contributed by atoms with Crippen molar-refractivity contribution in [2.45, 2.75) is 115 Å². The minimum absolute atomic E-state index is 0.0177. The summed E-state index contributed by atoms with van der Waals surface area (Å²) >= 11 is 0. The number of aliphatic hydroxyl groups excluding tert-OH is 1. The second-order valence-electron chi connectivity index (χ2n) is 15.4. The number of aliphatic hydroxyl groups is 1. The largest absolute Gasteiger partial charge is 0.392 e. The van der Waals surface area contributed by atoms with Gasteiger partial charge in [-0.25, -0.2) is 22.0 Å². The minimum Gasteiger partial charge on any atom is -0.392 e. The highest BCUT2D eigenvalue weighted by Crippen LogP contribution is 2.42. The van der Waals surface area contributed by atoms with E-state index in [1.165, 1.54) is 6.42 Å². The summed E-state index contributed by atoms with van der Waals surface area (Å²) in [5.41, 5.74) is 0.871. The van der Waals surface area contributed by atoms with E-state index in [1.807, 2.05) is 45.0 Å². The first-order valence-corrected chi connectivity index (χ1v) is 18.2. The number of carbonyl (C=O) groups is 2. The SMILES string of the molecule is CC(C)(C)NC(=O)C1CCC2CCCCC2N1CC1CC(c2ccc(CO)cc2)OC(c2ccc(CNC(=O)c3c(F)c(F)c(F)c(F)c3F)cc2)O1. The van der Waals surface area contributed by atoms with Crippen LogP contribution in [0.15, 0.2) is 48.5 Å². The van der Waals surface area contributed by atoms with Gasteiger partial charge in [0.2, 0.25) is 11.7 Å². The highest BCUT2D eigenvalue weighted by atomic mass is 19.2. The number of carbonyl (C=O) groups excluding carboxylic acids is 2. The van der Waals surface area contributed by atoms with E-state index in [2.05, 4.69) is 15.5 Å². The van der Waals surface area contributed by atoms with E-state index < -0.39 is 46.8 Å². The first kappa shape index (κ1) is 38.8. The molecule has 2 amide bonds. The average Bonchev–Trinajstić information content (AvgIpc) is 3.15. The molecule has 1 aliphatic carbocycles. The van der Waals surface area contributed by atoms with Gasteiger partial charge in [0.05, 0.1) is 24.9 Å². The summed E-state index contributed by atoms with van der Waals surface area (Å²) in [7, 11) is 0. The molecule has 3 aromatic carbocycles. The summed E-state index contributed by atoms with van der Waals surface area (Å²) < 4.78 is 82.3. The number of rotatable bonds is 9. The number of nitrogens with one attached hydrogen (secondary N) is 2. The third-order valence-electron chi connectivity index (χ3n) is 10.5. The van der Waals surface area contributed by atoms with Crippen LogP contribution in [-0.4, -0.2) is 52.1 Å². The van der Waals surface area contributed by atoms with E-state index in [9.17, 15) is 36.6 Å². The number of hydrogen-bond donors (Lipinski definition) is 3. The van der Waals surface area contributed by atoms with Gasteiger partial charge in [0.15, 0.2) is 29.6 Å². The number of fused-ring (bicyclic) bond motifs is 1. The molecule has 0 bridgehead atoms. The van der Waals surface area contributed by atoms with Gasteiger partial charge in [-0.05, 0) is 69.1 Å². The van der Waals surface area contributed by atoms with Crippen molar-refractivity contribution in [3.05, 3.63) is 105 Å². The van der Waals surface area contributed by atoms with Crippen LogP contribution >= 0.6 is 0 Å². The third-order valence-corrected chi connectivity index (χ3v) is 10.5. The zero-order chi connectivity index (χ0) is 38.0. The third kappa shape index (κ3) is 8.74. The van der Waals surface area contributed by atoms with E-state index in [0.29, 0.717) is 30.0 Å². The molecular weight excluding hydrogens is 697 g/mol. The normalized spacial score (nSPS) is 25.1. The lowest BCUT2D eigenvalue weighted by Gasteiger charge is -2.50. The van der Waals surface area contributed by atoms with Crippen molar-refractivity contribution in [3.8, 4) is 0 Å². The lowest BCUT2D eigenvalue weighted by Crippen LogP contribution is -2.61. The molecule has 6 rings (SSSR count). The summed E-state index contributed by atoms with van der Waals surface area (Å²) in [6.07, 6.45) is 5.25. The number of ether oxygens (including phenoxy) is 2. The Morgan fingerprint density at radius 1 is 0.792 bits per heavy atom. The van der Waals surface area contributed by atoms with Gasteiger partial charge in [0.1, 0.15) is 5.56 Å². The summed E-state index contributed by atoms with van der Waals surface area (Å²) in [5.74, 6) is -12.1. The molecule has 3 fully saturated rings. The number of likely N-dealkylation sites (tertiary alicyclic amines) is 1. The van der Waals surface area contributed by atoms with Crippen LogP contribution < -0.4 is 10.6 Å². The smallest absolute Gasteiger partial charge is 0.257 e. The molecule has 3 aromatic rings. The molecule has 6 atom stereocenters. The van der Waals surface area contributed by atoms with Crippen molar-refractivity contribution >= 4 is 11.8 Å². The first-order chi connectivity index (χ1) is 25.2. The molecule has 2 heterocycles. The predicted octanol–water partition coefficient (Wildman–Crippen LogP) is 7.29. The van der Waals surface area contributed by atoms with Crippen molar-refractivity contribution in [2.75, 3.05) is 6.54 Å². The Balaban J connectivity index is 1.22. The molecule has 3 aliphatic rings. The van der Waals surface area contributed by atoms with Gasteiger partial charge in [0.25, 0.3) is 5.91 Å². The van der Waals surface area contributed by atoms with Crippen LogP contribution in [0.4, 0.5) is 22.0 Å². The maximum absolute atomic E-state index is 14.2. The molecule has 3 N–H and O–H groups in total. The summed E-state index contributed by atoms with van der Waals surface area (Å²) in [5, 5.41) is 15.0. The van der Waals surface area contributed by atoms with Crippen LogP contribution in [0.3, 0.4) is 0 Å². The topological polar surface area (TPSA) is 100 Å². The van der Waals surface area contributed by atoms with Crippen molar-refractivity contribution in [3.63, 3.8) is 0 Å². The Morgan fingerprint density at radius 3 is 2.04 bits per heavy atom. The van der Waals surface area contributed by atoms with Crippen LogP contribution in [-0.2, 0) is 27.4 Å². The van der Waals surface area contributed by atoms with Gasteiger partial charge in [-0.3, -0.25) is 14.5 Å². The Bertz CT molecular complexity index is 1760. The zero-order valence-electron chi connectivity index (χ0n) is 30.1. The van der Waals surface area contributed by atoms with Gasteiger partial charge in [-0.15, -0.1) is 0 Å². The first-order valence-electron chi connectivity index (χ1n) is 18.2. The Labute approximate surface area is 306 Å². The molecule has 2 saturated heterocycles.